The van der Waals surface area contributed by atoms with Gasteiger partial charge in [0.1, 0.15) is 5.82 Å². The molecule has 0 saturated heterocycles. The van der Waals surface area contributed by atoms with Gasteiger partial charge in [-0.05, 0) is 30.4 Å². The van der Waals surface area contributed by atoms with Gasteiger partial charge in [-0.25, -0.2) is 4.98 Å². The quantitative estimate of drug-likeness (QED) is 0.668. The molecule has 0 fully saturated rings. The minimum Gasteiger partial charge on any atom is -0.383 e. The number of carbonyl (C=O) groups is 1. The number of hydrogen-bond donors (Lipinski definition) is 2. The Hall–Kier alpha value is -3.61. The summed E-state index contributed by atoms with van der Waals surface area (Å²) in [6.07, 6.45) is 6.72. The summed E-state index contributed by atoms with van der Waals surface area (Å²) in [5.74, 6) is 0.124. The van der Waals surface area contributed by atoms with E-state index in [4.69, 9.17) is 5.73 Å². The Labute approximate surface area is 156 Å². The van der Waals surface area contributed by atoms with E-state index in [2.05, 4.69) is 31.8 Å². The second kappa shape index (κ2) is 7.74. The molecule has 136 valence electrons. The number of carbonyl (C=O) groups excluding carboxylic acids is 1. The lowest BCUT2D eigenvalue weighted by Gasteiger charge is -2.07. The third-order valence-corrected chi connectivity index (χ3v) is 4.08. The van der Waals surface area contributed by atoms with Gasteiger partial charge in [-0.2, -0.15) is 0 Å². The first-order valence-electron chi connectivity index (χ1n) is 8.36. The molecule has 0 bridgehead atoms. The highest BCUT2D eigenvalue weighted by molar-refractivity contribution is 5.98. The summed E-state index contributed by atoms with van der Waals surface area (Å²) in [5, 5.41) is 5.14. The third kappa shape index (κ3) is 3.98. The molecule has 3 N–H and O–H groups in total. The van der Waals surface area contributed by atoms with Crippen LogP contribution in [0.3, 0.4) is 0 Å². The number of hydrogen-bond acceptors (Lipinski definition) is 6. The van der Waals surface area contributed by atoms with Crippen molar-refractivity contribution in [1.29, 1.82) is 0 Å². The van der Waals surface area contributed by atoms with Crippen LogP contribution in [0.2, 0.25) is 0 Å². The van der Waals surface area contributed by atoms with Crippen LogP contribution in [0.25, 0.3) is 23.6 Å². The average molecular weight is 360 g/mol. The fourth-order valence-corrected chi connectivity index (χ4v) is 2.63. The Kier molecular flexibility index (Phi) is 5.21. The summed E-state index contributed by atoms with van der Waals surface area (Å²) in [4.78, 5) is 29.2. The van der Waals surface area contributed by atoms with Crippen LogP contribution < -0.4 is 21.5 Å². The number of aliphatic imine (C=N–C) groups is 1. The smallest absolute Gasteiger partial charge is 0.251 e. The van der Waals surface area contributed by atoms with Crippen LogP contribution in [-0.4, -0.2) is 34.1 Å². The van der Waals surface area contributed by atoms with Gasteiger partial charge < -0.3 is 11.1 Å². The van der Waals surface area contributed by atoms with Crippen molar-refractivity contribution < 1.29 is 4.79 Å². The fourth-order valence-electron chi connectivity index (χ4n) is 2.63. The molecule has 0 atom stereocenters. The molecule has 1 aromatic carbocycles. The van der Waals surface area contributed by atoms with Crippen molar-refractivity contribution in [3.8, 4) is 0 Å². The molecule has 0 unspecified atom stereocenters. The topological polar surface area (TPSA) is 106 Å². The number of nitrogen functional groups attached to an aromatic ring is 1. The highest BCUT2D eigenvalue weighted by Crippen LogP contribution is 2.11. The number of rotatable bonds is 4. The molecular weight excluding hydrogens is 340 g/mol. The van der Waals surface area contributed by atoms with Gasteiger partial charge in [-0.3, -0.25) is 19.8 Å². The first-order chi connectivity index (χ1) is 13.0. The molecular formula is C20H20N6O. The summed E-state index contributed by atoms with van der Waals surface area (Å²) < 4.78 is 0. The zero-order valence-corrected chi connectivity index (χ0v) is 15.2. The molecule has 2 heterocycles. The van der Waals surface area contributed by atoms with E-state index in [1.54, 1.807) is 43.9 Å². The second-order valence-electron chi connectivity index (χ2n) is 6.03. The highest BCUT2D eigenvalue weighted by atomic mass is 16.1. The molecule has 3 aromatic rings. The van der Waals surface area contributed by atoms with Gasteiger partial charge in [0.05, 0.1) is 29.6 Å². The number of aromatic nitrogens is 3. The molecule has 1 amide bonds. The number of amides is 1. The van der Waals surface area contributed by atoms with Crippen molar-refractivity contribution in [2.24, 2.45) is 4.99 Å². The number of fused-ring (bicyclic) bond motifs is 1. The second-order valence-corrected chi connectivity index (χ2v) is 6.03. The third-order valence-electron chi connectivity index (χ3n) is 4.08. The number of pyridine rings is 1. The maximum atomic E-state index is 12.4. The fraction of sp³-hybridized carbons (Fsp3) is 0.150. The number of nitrogens with zero attached hydrogens (tertiary/aromatic N) is 4. The van der Waals surface area contributed by atoms with Crippen molar-refractivity contribution in [2.75, 3.05) is 12.8 Å². The lowest BCUT2D eigenvalue weighted by atomic mass is 10.1. The van der Waals surface area contributed by atoms with Gasteiger partial charge >= 0.3 is 0 Å². The first-order valence-corrected chi connectivity index (χ1v) is 8.36. The largest absolute Gasteiger partial charge is 0.383 e. The Morgan fingerprint density at radius 2 is 2.15 bits per heavy atom. The van der Waals surface area contributed by atoms with Crippen molar-refractivity contribution in [3.63, 3.8) is 0 Å². The van der Waals surface area contributed by atoms with Crippen molar-refractivity contribution in [1.82, 2.24) is 20.3 Å². The van der Waals surface area contributed by atoms with Gasteiger partial charge in [0.25, 0.3) is 5.91 Å². The lowest BCUT2D eigenvalue weighted by Crippen LogP contribution is -2.29. The molecule has 3 rings (SSSR count). The molecule has 7 nitrogen and oxygen atoms in total. The van der Waals surface area contributed by atoms with Crippen LogP contribution in [0, 0.1) is 6.92 Å². The summed E-state index contributed by atoms with van der Waals surface area (Å²) in [6.45, 7) is 6.25. The van der Waals surface area contributed by atoms with E-state index in [9.17, 15) is 4.79 Å². The minimum absolute atomic E-state index is 0.223. The van der Waals surface area contributed by atoms with Crippen LogP contribution in [0.4, 0.5) is 5.82 Å². The molecule has 0 aliphatic heterocycles. The molecule has 2 aromatic heterocycles. The van der Waals surface area contributed by atoms with E-state index in [-0.39, 0.29) is 5.91 Å². The van der Waals surface area contributed by atoms with Crippen molar-refractivity contribution in [2.45, 2.75) is 13.5 Å². The SMILES string of the molecule is C=c1/c(=C\C=NC)c(N)nc2cc(C(=O)NCc3cnc(C)cn3)ccc12. The van der Waals surface area contributed by atoms with Crippen LogP contribution in [-0.2, 0) is 6.54 Å². The lowest BCUT2D eigenvalue weighted by molar-refractivity contribution is 0.0950. The number of aryl methyl sites for hydroxylation is 1. The van der Waals surface area contributed by atoms with Crippen LogP contribution in [0.1, 0.15) is 21.7 Å². The van der Waals surface area contributed by atoms with Gasteiger partial charge in [0.2, 0.25) is 0 Å². The van der Waals surface area contributed by atoms with E-state index in [0.717, 1.165) is 21.5 Å². The Morgan fingerprint density at radius 1 is 1.33 bits per heavy atom. The molecule has 7 heteroatoms. The molecule has 0 spiro atoms. The Bertz CT molecular complexity index is 1140. The van der Waals surface area contributed by atoms with Gasteiger partial charge in [0.15, 0.2) is 0 Å². The van der Waals surface area contributed by atoms with Gasteiger partial charge in [-0.15, -0.1) is 0 Å². The van der Waals surface area contributed by atoms with Gasteiger partial charge in [0, 0.05) is 35.6 Å². The zero-order chi connectivity index (χ0) is 19.4. The van der Waals surface area contributed by atoms with E-state index >= 15 is 0 Å². The zero-order valence-electron chi connectivity index (χ0n) is 15.2. The average Bonchev–Trinajstić information content (AvgIpc) is 2.66. The molecule has 27 heavy (non-hydrogen) atoms. The standard InChI is InChI=1S/C20H20N6O/c1-12-9-24-15(10-23-12)11-25-20(27)14-4-5-16-13(2)17(6-7-22-3)19(21)26-18(16)8-14/h4-10H,2,11H2,1,3H3,(H2,21,26)(H,25,27)/b17-6+,22-7?. The van der Waals surface area contributed by atoms with Crippen molar-refractivity contribution in [3.05, 3.63) is 58.0 Å². The van der Waals surface area contributed by atoms with Crippen LogP contribution in [0.15, 0.2) is 35.6 Å². The summed E-state index contributed by atoms with van der Waals surface area (Å²) >= 11 is 0. The highest BCUT2D eigenvalue weighted by Gasteiger charge is 2.09. The maximum absolute atomic E-state index is 12.4. The van der Waals surface area contributed by atoms with E-state index in [0.29, 0.717) is 29.1 Å². The Morgan fingerprint density at radius 3 is 2.85 bits per heavy atom. The Balaban J connectivity index is 1.89. The summed E-state index contributed by atoms with van der Waals surface area (Å²) in [7, 11) is 1.68. The number of benzene rings is 1. The van der Waals surface area contributed by atoms with Crippen LogP contribution in [0.5, 0.6) is 0 Å². The first kappa shape index (κ1) is 18.2. The molecule has 0 aliphatic rings. The number of nitrogens with two attached hydrogens (primary N) is 1. The van der Waals surface area contributed by atoms with E-state index < -0.39 is 0 Å². The minimum atomic E-state index is -0.223. The van der Waals surface area contributed by atoms with E-state index in [1.807, 2.05) is 13.0 Å². The van der Waals surface area contributed by atoms with Crippen LogP contribution >= 0.6 is 0 Å². The summed E-state index contributed by atoms with van der Waals surface area (Å²) in [5.41, 5.74) is 8.66. The predicted molar refractivity (Wildman–Crippen MR) is 108 cm³/mol. The molecule has 0 aliphatic carbocycles. The monoisotopic (exact) mass is 360 g/mol. The van der Waals surface area contributed by atoms with E-state index in [1.165, 1.54) is 0 Å². The molecule has 0 saturated carbocycles. The normalized spacial score (nSPS) is 12.0. The molecule has 0 radical (unpaired) electrons. The summed E-state index contributed by atoms with van der Waals surface area (Å²) in [6, 6.07) is 5.27. The van der Waals surface area contributed by atoms with Crippen molar-refractivity contribution >= 4 is 41.5 Å². The maximum Gasteiger partial charge on any atom is 0.251 e. The number of nitrogens with one attached hydrogen (secondary N) is 1. The predicted octanol–water partition coefficient (Wildman–Crippen LogP) is 0.737. The van der Waals surface area contributed by atoms with Gasteiger partial charge in [-0.1, -0.05) is 12.6 Å². The number of anilines is 1.